The third-order valence-electron chi connectivity index (χ3n) is 1.87. The first-order valence-electron chi connectivity index (χ1n) is 4.08. The summed E-state index contributed by atoms with van der Waals surface area (Å²) in [5.74, 6) is 0.726. The van der Waals surface area contributed by atoms with Gasteiger partial charge in [-0.15, -0.1) is 0 Å². The molecule has 1 rings (SSSR count). The van der Waals surface area contributed by atoms with E-state index in [1.807, 2.05) is 31.2 Å². The summed E-state index contributed by atoms with van der Waals surface area (Å²) in [6, 6.07) is 3.76. The molecule has 0 amide bonds. The topological polar surface area (TPSA) is 52.0 Å². The number of anilines is 2. The summed E-state index contributed by atoms with van der Waals surface area (Å²) in [5, 5.41) is 0. The first-order chi connectivity index (χ1) is 6.15. The minimum atomic E-state index is 0.629. The Morgan fingerprint density at radius 1 is 1.31 bits per heavy atom. The largest absolute Gasteiger partial charge is 0.397 e. The minimum Gasteiger partial charge on any atom is -0.397 e. The Balaban J connectivity index is 3.08. The van der Waals surface area contributed by atoms with E-state index < -0.39 is 0 Å². The molecule has 1 aromatic carbocycles. The van der Waals surface area contributed by atoms with Crippen molar-refractivity contribution >= 4 is 30.1 Å². The Bertz CT molecular complexity index is 332. The highest BCUT2D eigenvalue weighted by Gasteiger charge is 1.98. The zero-order valence-electron chi connectivity index (χ0n) is 7.62. The predicted octanol–water partition coefficient (Wildman–Crippen LogP) is 2.10. The van der Waals surface area contributed by atoms with E-state index in [0.717, 1.165) is 16.9 Å². The zero-order valence-corrected chi connectivity index (χ0v) is 8.51. The van der Waals surface area contributed by atoms with E-state index in [4.69, 9.17) is 11.5 Å². The molecule has 0 fully saturated rings. The summed E-state index contributed by atoms with van der Waals surface area (Å²) in [7, 11) is 0. The molecule has 0 bridgehead atoms. The summed E-state index contributed by atoms with van der Waals surface area (Å²) in [4.78, 5) is 0. The van der Waals surface area contributed by atoms with Crippen molar-refractivity contribution in [3.8, 4) is 0 Å². The second-order valence-electron chi connectivity index (χ2n) is 2.92. The quantitative estimate of drug-likeness (QED) is 0.499. The molecule has 2 nitrogen and oxygen atoms in total. The first-order valence-corrected chi connectivity index (χ1v) is 4.71. The molecular formula is C10H14N2S. The van der Waals surface area contributed by atoms with E-state index in [0.29, 0.717) is 11.4 Å². The second-order valence-corrected chi connectivity index (χ2v) is 3.29. The molecule has 0 saturated carbocycles. The standard InChI is InChI=1S/C10H14N2S/c1-7-5-9(11)10(12)6-8(7)3-2-4-13/h2-3,5-6,13H,4,11-12H2,1H3. The van der Waals surface area contributed by atoms with Gasteiger partial charge in [0, 0.05) is 5.75 Å². The smallest absolute Gasteiger partial charge is 0.0553 e. The Kier molecular flexibility index (Phi) is 3.25. The average molecular weight is 194 g/mol. The van der Waals surface area contributed by atoms with Crippen molar-refractivity contribution in [2.75, 3.05) is 17.2 Å². The van der Waals surface area contributed by atoms with E-state index >= 15 is 0 Å². The number of hydrogen-bond acceptors (Lipinski definition) is 3. The Morgan fingerprint density at radius 2 is 1.92 bits per heavy atom. The van der Waals surface area contributed by atoms with Crippen molar-refractivity contribution in [2.45, 2.75) is 6.92 Å². The number of thiol groups is 1. The molecule has 3 heteroatoms. The van der Waals surface area contributed by atoms with E-state index in [1.165, 1.54) is 0 Å². The predicted molar refractivity (Wildman–Crippen MR) is 62.9 cm³/mol. The normalized spacial score (nSPS) is 10.9. The molecule has 0 spiro atoms. The van der Waals surface area contributed by atoms with E-state index in [9.17, 15) is 0 Å². The fourth-order valence-electron chi connectivity index (χ4n) is 1.12. The molecule has 0 aliphatic rings. The van der Waals surface area contributed by atoms with Gasteiger partial charge in [0.25, 0.3) is 0 Å². The summed E-state index contributed by atoms with van der Waals surface area (Å²) >= 11 is 4.09. The lowest BCUT2D eigenvalue weighted by atomic mass is 10.1. The van der Waals surface area contributed by atoms with Gasteiger partial charge in [-0.25, -0.2) is 0 Å². The summed E-state index contributed by atoms with van der Waals surface area (Å²) in [5.41, 5.74) is 14.8. The van der Waals surface area contributed by atoms with Gasteiger partial charge in [0.05, 0.1) is 11.4 Å². The molecule has 4 N–H and O–H groups in total. The number of aryl methyl sites for hydroxylation is 1. The maximum Gasteiger partial charge on any atom is 0.0553 e. The van der Waals surface area contributed by atoms with Crippen LogP contribution in [0.15, 0.2) is 18.2 Å². The highest BCUT2D eigenvalue weighted by atomic mass is 32.1. The van der Waals surface area contributed by atoms with Crippen molar-refractivity contribution in [3.63, 3.8) is 0 Å². The number of rotatable bonds is 2. The van der Waals surface area contributed by atoms with E-state index in [-0.39, 0.29) is 0 Å². The average Bonchev–Trinajstić information content (AvgIpc) is 2.09. The number of nitrogens with two attached hydrogens (primary N) is 2. The van der Waals surface area contributed by atoms with Gasteiger partial charge in [0.2, 0.25) is 0 Å². The Labute approximate surface area is 84.0 Å². The van der Waals surface area contributed by atoms with Gasteiger partial charge in [0.15, 0.2) is 0 Å². The van der Waals surface area contributed by atoms with E-state index in [1.54, 1.807) is 0 Å². The molecule has 0 aliphatic carbocycles. The van der Waals surface area contributed by atoms with E-state index in [2.05, 4.69) is 12.6 Å². The molecule has 0 saturated heterocycles. The molecular weight excluding hydrogens is 180 g/mol. The van der Waals surface area contributed by atoms with Gasteiger partial charge in [0.1, 0.15) is 0 Å². The van der Waals surface area contributed by atoms with Crippen LogP contribution in [0.3, 0.4) is 0 Å². The molecule has 1 aromatic rings. The lowest BCUT2D eigenvalue weighted by Crippen LogP contribution is -1.96. The lowest BCUT2D eigenvalue weighted by molar-refractivity contribution is 1.44. The molecule has 0 aromatic heterocycles. The van der Waals surface area contributed by atoms with Crippen LogP contribution in [-0.2, 0) is 0 Å². The van der Waals surface area contributed by atoms with Gasteiger partial charge in [-0.3, -0.25) is 0 Å². The van der Waals surface area contributed by atoms with Crippen molar-refractivity contribution in [2.24, 2.45) is 0 Å². The zero-order chi connectivity index (χ0) is 9.84. The van der Waals surface area contributed by atoms with Crippen LogP contribution in [0.2, 0.25) is 0 Å². The maximum absolute atomic E-state index is 5.68. The lowest BCUT2D eigenvalue weighted by Gasteiger charge is -2.05. The fraction of sp³-hybridized carbons (Fsp3) is 0.200. The third-order valence-corrected chi connectivity index (χ3v) is 2.09. The Morgan fingerprint density at radius 3 is 2.54 bits per heavy atom. The molecule has 70 valence electrons. The molecule has 0 aliphatic heterocycles. The number of hydrogen-bond donors (Lipinski definition) is 3. The summed E-state index contributed by atoms with van der Waals surface area (Å²) < 4.78 is 0. The molecule has 0 heterocycles. The number of benzene rings is 1. The van der Waals surface area contributed by atoms with Crippen LogP contribution in [-0.4, -0.2) is 5.75 Å². The summed E-state index contributed by atoms with van der Waals surface area (Å²) in [6.07, 6.45) is 3.97. The third kappa shape index (κ3) is 2.42. The van der Waals surface area contributed by atoms with Crippen LogP contribution >= 0.6 is 12.6 Å². The van der Waals surface area contributed by atoms with Gasteiger partial charge in [-0.1, -0.05) is 12.2 Å². The van der Waals surface area contributed by atoms with Crippen molar-refractivity contribution in [1.82, 2.24) is 0 Å². The van der Waals surface area contributed by atoms with Crippen LogP contribution < -0.4 is 11.5 Å². The molecule has 13 heavy (non-hydrogen) atoms. The monoisotopic (exact) mass is 194 g/mol. The highest BCUT2D eigenvalue weighted by molar-refractivity contribution is 7.80. The van der Waals surface area contributed by atoms with Crippen molar-refractivity contribution < 1.29 is 0 Å². The van der Waals surface area contributed by atoms with Crippen LogP contribution in [0, 0.1) is 6.92 Å². The molecule has 0 unspecified atom stereocenters. The fourth-order valence-corrected chi connectivity index (χ4v) is 1.23. The second kappa shape index (κ2) is 4.23. The van der Waals surface area contributed by atoms with Crippen LogP contribution in [0.4, 0.5) is 11.4 Å². The van der Waals surface area contributed by atoms with Crippen LogP contribution in [0.1, 0.15) is 11.1 Å². The first kappa shape index (κ1) is 9.99. The van der Waals surface area contributed by atoms with Crippen molar-refractivity contribution in [1.29, 1.82) is 0 Å². The van der Waals surface area contributed by atoms with Crippen LogP contribution in [0.25, 0.3) is 6.08 Å². The number of nitrogen functional groups attached to an aromatic ring is 2. The van der Waals surface area contributed by atoms with Gasteiger partial charge in [-0.05, 0) is 30.2 Å². The summed E-state index contributed by atoms with van der Waals surface area (Å²) in [6.45, 7) is 2.01. The SMILES string of the molecule is Cc1cc(N)c(N)cc1C=CCS. The Hall–Kier alpha value is -1.09. The van der Waals surface area contributed by atoms with Gasteiger partial charge < -0.3 is 11.5 Å². The van der Waals surface area contributed by atoms with Gasteiger partial charge >= 0.3 is 0 Å². The molecule has 0 atom stereocenters. The van der Waals surface area contributed by atoms with Gasteiger partial charge in [-0.2, -0.15) is 12.6 Å². The maximum atomic E-state index is 5.68. The highest BCUT2D eigenvalue weighted by Crippen LogP contribution is 2.21. The minimum absolute atomic E-state index is 0.629. The van der Waals surface area contributed by atoms with Crippen molar-refractivity contribution in [3.05, 3.63) is 29.3 Å². The van der Waals surface area contributed by atoms with Crippen LogP contribution in [0.5, 0.6) is 0 Å². The molecule has 0 radical (unpaired) electrons.